The van der Waals surface area contributed by atoms with Crippen molar-refractivity contribution in [1.29, 1.82) is 0 Å². The Morgan fingerprint density at radius 3 is 2.25 bits per heavy atom. The van der Waals surface area contributed by atoms with E-state index in [0.717, 1.165) is 19.3 Å². The molecule has 0 amide bonds. The second kappa shape index (κ2) is 8.88. The van der Waals surface area contributed by atoms with Crippen molar-refractivity contribution in [2.24, 2.45) is 5.41 Å². The topological polar surface area (TPSA) is 9.23 Å². The molecule has 0 aromatic carbocycles. The number of halogens is 2. The Bertz CT molecular complexity index is 565. The summed E-state index contributed by atoms with van der Waals surface area (Å²) >= 11 is 2.26. The van der Waals surface area contributed by atoms with Crippen LogP contribution in [-0.2, 0) is 24.9 Å². The average molecular weight is 420 g/mol. The molecule has 0 aromatic heterocycles. The van der Waals surface area contributed by atoms with Crippen LogP contribution in [0.3, 0.4) is 0 Å². The Balaban J connectivity index is 0.00000264. The molecule has 0 spiro atoms. The molecule has 133 valence electrons. The van der Waals surface area contributed by atoms with E-state index >= 15 is 0 Å². The molecule has 2 aliphatic rings. The zero-order chi connectivity index (χ0) is 16.6. The van der Waals surface area contributed by atoms with Gasteiger partial charge in [-0.1, -0.05) is 0 Å². The summed E-state index contributed by atoms with van der Waals surface area (Å²) < 4.78 is 8.37. The Kier molecular flexibility index (Phi) is 9.04. The van der Waals surface area contributed by atoms with Gasteiger partial charge in [-0.15, -0.1) is 0 Å². The van der Waals surface area contributed by atoms with E-state index in [1.54, 1.807) is 0 Å². The normalized spacial score (nSPS) is 23.8. The number of allylic oxidation sites excluding steroid dienone is 5. The number of hydrogen-bond acceptors (Lipinski definition) is 1. The Labute approximate surface area is 173 Å². The van der Waals surface area contributed by atoms with Gasteiger partial charge in [0.1, 0.15) is 0 Å². The van der Waals surface area contributed by atoms with Crippen molar-refractivity contribution in [3.8, 4) is 0 Å². The Hall–Kier alpha value is 0.431. The summed E-state index contributed by atoms with van der Waals surface area (Å²) in [4.78, 5) is 0. The number of hydrogen-bond donors (Lipinski definition) is 0. The summed E-state index contributed by atoms with van der Waals surface area (Å²) in [5, 5.41) is 0. The van der Waals surface area contributed by atoms with Crippen LogP contribution in [-0.4, -0.2) is 13.9 Å². The van der Waals surface area contributed by atoms with Gasteiger partial charge in [-0.25, -0.2) is 0 Å². The largest absolute Gasteiger partial charge is 1.00 e. The summed E-state index contributed by atoms with van der Waals surface area (Å²) in [5.41, 5.74) is 2.89. The molecule has 1 unspecified atom stereocenters. The van der Waals surface area contributed by atoms with Gasteiger partial charge in [0, 0.05) is 0 Å². The van der Waals surface area contributed by atoms with Gasteiger partial charge in [-0.3, -0.25) is 0 Å². The molecular weight excluding hydrogens is 391 g/mol. The minimum atomic E-state index is -1.65. The summed E-state index contributed by atoms with van der Waals surface area (Å²) in [6.45, 7) is 13.8. The molecule has 1 atom stereocenters. The minimum Gasteiger partial charge on any atom is -1.00 e. The van der Waals surface area contributed by atoms with Crippen LogP contribution in [0.1, 0.15) is 40.0 Å². The molecule has 2 rings (SSSR count). The fourth-order valence-electron chi connectivity index (χ4n) is 3.53. The van der Waals surface area contributed by atoms with Crippen LogP contribution in [0, 0.1) is 5.41 Å². The molecule has 5 heteroatoms. The van der Waals surface area contributed by atoms with Crippen LogP contribution >= 0.6 is 0 Å². The molecule has 0 saturated heterocycles. The first-order valence-corrected chi connectivity index (χ1v) is 12.4. The van der Waals surface area contributed by atoms with E-state index in [9.17, 15) is 0 Å². The second-order valence-corrected chi connectivity index (χ2v) is 13.8. The van der Waals surface area contributed by atoms with Crippen molar-refractivity contribution in [2.75, 3.05) is 0 Å². The molecule has 0 radical (unpaired) electrons. The van der Waals surface area contributed by atoms with E-state index in [4.69, 9.17) is 4.43 Å². The Morgan fingerprint density at radius 1 is 1.17 bits per heavy atom. The molecule has 0 bridgehead atoms. The summed E-state index contributed by atoms with van der Waals surface area (Å²) in [6.07, 6.45) is 14.5. The van der Waals surface area contributed by atoms with Crippen LogP contribution in [0.2, 0.25) is 19.6 Å². The maximum absolute atomic E-state index is 6.87. The van der Waals surface area contributed by atoms with Crippen molar-refractivity contribution in [3.05, 3.63) is 45.4 Å². The third kappa shape index (κ3) is 6.00. The van der Waals surface area contributed by atoms with Gasteiger partial charge in [0.25, 0.3) is 0 Å². The van der Waals surface area contributed by atoms with Gasteiger partial charge >= 0.3 is 149 Å². The molecular formula is C19H29Cl2OSiTi. The van der Waals surface area contributed by atoms with Crippen LogP contribution < -0.4 is 24.8 Å². The first-order valence-electron chi connectivity index (χ1n) is 8.22. The predicted octanol–water partition coefficient (Wildman–Crippen LogP) is -0.332. The molecule has 0 saturated carbocycles. The van der Waals surface area contributed by atoms with Crippen LogP contribution in [0.15, 0.2) is 45.4 Å². The third-order valence-corrected chi connectivity index (χ3v) is 5.97. The smallest absolute Gasteiger partial charge is 1.00 e. The van der Waals surface area contributed by atoms with Gasteiger partial charge in [0.05, 0.1) is 0 Å². The average Bonchev–Trinajstić information content (AvgIpc) is 2.71. The molecule has 0 heterocycles. The van der Waals surface area contributed by atoms with Crippen LogP contribution in [0.5, 0.6) is 0 Å². The van der Waals surface area contributed by atoms with Gasteiger partial charge in [-0.2, -0.15) is 0 Å². The maximum Gasteiger partial charge on any atom is -1.00 e. The monoisotopic (exact) mass is 419 g/mol. The van der Waals surface area contributed by atoms with Gasteiger partial charge in [0.2, 0.25) is 0 Å². The second-order valence-electron chi connectivity index (χ2n) is 8.46. The standard InChI is InChI=1S/C19H29OSi.2ClH.Ti/c1-18(2,3)17-13-9-10-14-19(17,20-21(4,5)6)15-16-11-7-8-12-16;;;/h7,9-11,13H,8,14-15H2,1-6H3;2*1H;/q;;;+2/p-2. The van der Waals surface area contributed by atoms with E-state index in [2.05, 4.69) is 91.2 Å². The van der Waals surface area contributed by atoms with Crippen molar-refractivity contribution < 1.29 is 49.7 Å². The molecule has 2 aliphatic carbocycles. The van der Waals surface area contributed by atoms with Gasteiger partial charge < -0.3 is 24.8 Å². The van der Waals surface area contributed by atoms with Crippen LogP contribution in [0.25, 0.3) is 0 Å². The number of rotatable bonds is 4. The van der Waals surface area contributed by atoms with Crippen molar-refractivity contribution >= 4 is 8.32 Å². The minimum absolute atomic E-state index is 0. The van der Waals surface area contributed by atoms with E-state index in [-0.39, 0.29) is 35.8 Å². The molecule has 0 N–H and O–H groups in total. The van der Waals surface area contributed by atoms with Crippen molar-refractivity contribution in [2.45, 2.75) is 65.3 Å². The summed E-state index contributed by atoms with van der Waals surface area (Å²) in [5.74, 6) is 0. The third-order valence-electron chi connectivity index (χ3n) is 4.15. The summed E-state index contributed by atoms with van der Waals surface area (Å²) in [6, 6.07) is 0. The maximum atomic E-state index is 6.87. The Morgan fingerprint density at radius 2 is 1.79 bits per heavy atom. The van der Waals surface area contributed by atoms with E-state index < -0.39 is 8.32 Å². The van der Waals surface area contributed by atoms with Gasteiger partial charge in [0.15, 0.2) is 0 Å². The predicted molar refractivity (Wildman–Crippen MR) is 93.9 cm³/mol. The van der Waals surface area contributed by atoms with Crippen molar-refractivity contribution in [1.82, 2.24) is 0 Å². The van der Waals surface area contributed by atoms with E-state index in [0.29, 0.717) is 0 Å². The first kappa shape index (κ1) is 24.4. The van der Waals surface area contributed by atoms with Gasteiger partial charge in [-0.05, 0) is 0 Å². The SMILES string of the molecule is CC(C)(C)C1=CC=CCC1(CC1=[C]([Ti+2])CC=C1)O[Si](C)(C)C.[Cl-].[Cl-]. The zero-order valence-corrected chi connectivity index (χ0v) is 19.7. The van der Waals surface area contributed by atoms with Crippen LogP contribution in [0.4, 0.5) is 0 Å². The van der Waals surface area contributed by atoms with Crippen molar-refractivity contribution in [3.63, 3.8) is 0 Å². The van der Waals surface area contributed by atoms with E-state index in [1.807, 2.05) is 0 Å². The fraction of sp³-hybridized carbons (Fsp3) is 0.579. The molecule has 0 aromatic rings. The summed E-state index contributed by atoms with van der Waals surface area (Å²) in [7, 11) is -1.65. The molecule has 0 aliphatic heterocycles. The first-order chi connectivity index (χ1) is 10.0. The molecule has 24 heavy (non-hydrogen) atoms. The van der Waals surface area contributed by atoms with E-state index in [1.165, 1.54) is 15.0 Å². The molecule has 1 nitrogen and oxygen atoms in total. The quantitative estimate of drug-likeness (QED) is 0.567. The fourth-order valence-corrected chi connectivity index (χ4v) is 5.42. The molecule has 0 fully saturated rings. The zero-order valence-electron chi connectivity index (χ0n) is 15.7.